The summed E-state index contributed by atoms with van der Waals surface area (Å²) in [6.07, 6.45) is 6.18. The van der Waals surface area contributed by atoms with E-state index in [1.165, 1.54) is 5.56 Å². The van der Waals surface area contributed by atoms with Crippen molar-refractivity contribution in [2.75, 3.05) is 31.6 Å². The van der Waals surface area contributed by atoms with Crippen molar-refractivity contribution in [2.45, 2.75) is 19.3 Å². The molecular weight excluding hydrogens is 316 g/mol. The first-order valence-corrected chi connectivity index (χ1v) is 8.69. The third kappa shape index (κ3) is 4.68. The monoisotopic (exact) mass is 340 g/mol. The van der Waals surface area contributed by atoms with Crippen LogP contribution in [0.25, 0.3) is 0 Å². The minimum absolute atomic E-state index is 0.00609. The molecule has 6 nitrogen and oxygen atoms in total. The number of ether oxygens (including phenoxy) is 1. The van der Waals surface area contributed by atoms with E-state index in [0.29, 0.717) is 19.0 Å². The van der Waals surface area contributed by atoms with Gasteiger partial charge in [-0.1, -0.05) is 12.1 Å². The smallest absolute Gasteiger partial charge is 0.225 e. The summed E-state index contributed by atoms with van der Waals surface area (Å²) in [6, 6.07) is 9.74. The van der Waals surface area contributed by atoms with Crippen molar-refractivity contribution in [1.29, 1.82) is 0 Å². The van der Waals surface area contributed by atoms with E-state index in [-0.39, 0.29) is 11.8 Å². The Balaban J connectivity index is 1.47. The van der Waals surface area contributed by atoms with E-state index < -0.39 is 0 Å². The zero-order valence-electron chi connectivity index (χ0n) is 14.5. The van der Waals surface area contributed by atoms with Gasteiger partial charge in [-0.2, -0.15) is 0 Å². The van der Waals surface area contributed by atoms with Crippen LogP contribution in [0.2, 0.25) is 0 Å². The first kappa shape index (κ1) is 17.2. The molecule has 1 N–H and O–H groups in total. The Bertz CT molecular complexity index is 676. The van der Waals surface area contributed by atoms with Gasteiger partial charge in [0, 0.05) is 32.0 Å². The average Bonchev–Trinajstić information content (AvgIpc) is 2.69. The molecule has 1 atom stereocenters. The number of aromatic nitrogens is 2. The van der Waals surface area contributed by atoms with E-state index in [4.69, 9.17) is 4.74 Å². The van der Waals surface area contributed by atoms with Gasteiger partial charge in [0.25, 0.3) is 0 Å². The number of carbonyl (C=O) groups is 1. The van der Waals surface area contributed by atoms with Crippen molar-refractivity contribution in [3.8, 4) is 5.75 Å². The molecule has 0 spiro atoms. The van der Waals surface area contributed by atoms with Gasteiger partial charge in [0.15, 0.2) is 0 Å². The fourth-order valence-corrected chi connectivity index (χ4v) is 3.09. The lowest BCUT2D eigenvalue weighted by Crippen LogP contribution is -2.44. The number of amides is 1. The quantitative estimate of drug-likeness (QED) is 0.872. The van der Waals surface area contributed by atoms with E-state index in [1.807, 2.05) is 24.3 Å². The molecule has 2 aromatic rings. The summed E-state index contributed by atoms with van der Waals surface area (Å²) < 4.78 is 5.15. The highest BCUT2D eigenvalue weighted by Gasteiger charge is 2.26. The lowest BCUT2D eigenvalue weighted by Gasteiger charge is -2.31. The fraction of sp³-hybridized carbons (Fsp3) is 0.421. The predicted molar refractivity (Wildman–Crippen MR) is 96.7 cm³/mol. The van der Waals surface area contributed by atoms with Crippen LogP contribution in [0, 0.1) is 5.92 Å². The Morgan fingerprint density at radius 2 is 2.04 bits per heavy atom. The van der Waals surface area contributed by atoms with Crippen LogP contribution in [0.15, 0.2) is 42.7 Å². The van der Waals surface area contributed by atoms with Gasteiger partial charge in [-0.15, -0.1) is 0 Å². The number of benzene rings is 1. The number of anilines is 1. The van der Waals surface area contributed by atoms with Crippen LogP contribution >= 0.6 is 0 Å². The molecule has 0 bridgehead atoms. The number of hydrogen-bond acceptors (Lipinski definition) is 5. The summed E-state index contributed by atoms with van der Waals surface area (Å²) in [4.78, 5) is 23.1. The molecule has 1 aromatic heterocycles. The second-order valence-electron chi connectivity index (χ2n) is 6.22. The Hall–Kier alpha value is -2.63. The van der Waals surface area contributed by atoms with Crippen LogP contribution in [0.4, 0.5) is 5.95 Å². The number of piperidine rings is 1. The lowest BCUT2D eigenvalue weighted by atomic mass is 9.97. The van der Waals surface area contributed by atoms with Crippen LogP contribution in [-0.2, 0) is 11.2 Å². The molecule has 1 aliphatic heterocycles. The summed E-state index contributed by atoms with van der Waals surface area (Å²) in [5, 5.41) is 3.06. The van der Waals surface area contributed by atoms with Gasteiger partial charge in [0.05, 0.1) is 13.0 Å². The molecule has 132 valence electrons. The van der Waals surface area contributed by atoms with Crippen molar-refractivity contribution in [1.82, 2.24) is 15.3 Å². The van der Waals surface area contributed by atoms with E-state index in [1.54, 1.807) is 25.6 Å². The number of hydrogen-bond donors (Lipinski definition) is 1. The van der Waals surface area contributed by atoms with Gasteiger partial charge in [-0.05, 0) is 43.0 Å². The Labute approximate surface area is 148 Å². The molecule has 6 heteroatoms. The van der Waals surface area contributed by atoms with E-state index in [9.17, 15) is 4.79 Å². The van der Waals surface area contributed by atoms with Crippen LogP contribution in [0.5, 0.6) is 5.75 Å². The topological polar surface area (TPSA) is 67.3 Å². The molecule has 1 amide bonds. The Morgan fingerprint density at radius 3 is 2.76 bits per heavy atom. The summed E-state index contributed by atoms with van der Waals surface area (Å²) in [5.74, 6) is 1.67. The SMILES string of the molecule is COc1ccc(CCNC(=O)[C@H]2CCCN(c3ncccn3)C2)cc1. The first-order chi connectivity index (χ1) is 12.3. The zero-order valence-corrected chi connectivity index (χ0v) is 14.5. The third-order valence-electron chi connectivity index (χ3n) is 4.50. The zero-order chi connectivity index (χ0) is 17.5. The highest BCUT2D eigenvalue weighted by Crippen LogP contribution is 2.20. The number of nitrogens with zero attached hydrogens (tertiary/aromatic N) is 3. The van der Waals surface area contributed by atoms with Gasteiger partial charge in [0.1, 0.15) is 5.75 Å². The second-order valence-corrected chi connectivity index (χ2v) is 6.22. The molecule has 0 saturated carbocycles. The fourth-order valence-electron chi connectivity index (χ4n) is 3.09. The average molecular weight is 340 g/mol. The maximum Gasteiger partial charge on any atom is 0.225 e. The molecule has 1 saturated heterocycles. The maximum atomic E-state index is 12.5. The molecule has 1 aromatic carbocycles. The van der Waals surface area contributed by atoms with Crippen molar-refractivity contribution in [3.63, 3.8) is 0 Å². The molecule has 0 aliphatic carbocycles. The van der Waals surface area contributed by atoms with Crippen LogP contribution in [-0.4, -0.2) is 42.6 Å². The summed E-state index contributed by atoms with van der Waals surface area (Å²) in [5.41, 5.74) is 1.18. The predicted octanol–water partition coefficient (Wildman–Crippen LogP) is 2.06. The highest BCUT2D eigenvalue weighted by atomic mass is 16.5. The molecule has 0 radical (unpaired) electrons. The number of carbonyl (C=O) groups excluding carboxylic acids is 1. The minimum atomic E-state index is -0.00609. The number of nitrogens with one attached hydrogen (secondary N) is 1. The van der Waals surface area contributed by atoms with Crippen LogP contribution in [0.3, 0.4) is 0 Å². The summed E-state index contributed by atoms with van der Waals surface area (Å²) in [7, 11) is 1.66. The molecular formula is C19H24N4O2. The van der Waals surface area contributed by atoms with Crippen molar-refractivity contribution in [3.05, 3.63) is 48.3 Å². The first-order valence-electron chi connectivity index (χ1n) is 8.69. The minimum Gasteiger partial charge on any atom is -0.497 e. The van der Waals surface area contributed by atoms with Crippen molar-refractivity contribution < 1.29 is 9.53 Å². The largest absolute Gasteiger partial charge is 0.497 e. The van der Waals surface area contributed by atoms with Gasteiger partial charge < -0.3 is 15.0 Å². The summed E-state index contributed by atoms with van der Waals surface area (Å²) in [6.45, 7) is 2.22. The highest BCUT2D eigenvalue weighted by molar-refractivity contribution is 5.79. The Morgan fingerprint density at radius 1 is 1.28 bits per heavy atom. The molecule has 1 fully saturated rings. The number of methoxy groups -OCH3 is 1. The Kier molecular flexibility index (Phi) is 5.82. The summed E-state index contributed by atoms with van der Waals surface area (Å²) >= 11 is 0. The lowest BCUT2D eigenvalue weighted by molar-refractivity contribution is -0.125. The van der Waals surface area contributed by atoms with Gasteiger partial charge in [-0.25, -0.2) is 9.97 Å². The standard InChI is InChI=1S/C19H24N4O2/c1-25-17-7-5-15(6-8-17)9-12-20-18(24)16-4-2-13-23(14-16)19-21-10-3-11-22-19/h3,5-8,10-11,16H,2,4,9,12-14H2,1H3,(H,20,24)/t16-/m0/s1. The van der Waals surface area contributed by atoms with Crippen LogP contribution < -0.4 is 15.0 Å². The van der Waals surface area contributed by atoms with Crippen LogP contribution in [0.1, 0.15) is 18.4 Å². The van der Waals surface area contributed by atoms with Crippen molar-refractivity contribution in [2.24, 2.45) is 5.92 Å². The van der Waals surface area contributed by atoms with E-state index in [0.717, 1.165) is 31.6 Å². The van der Waals surface area contributed by atoms with Gasteiger partial charge in [-0.3, -0.25) is 4.79 Å². The molecule has 0 unspecified atom stereocenters. The molecule has 2 heterocycles. The van der Waals surface area contributed by atoms with Gasteiger partial charge >= 0.3 is 0 Å². The molecule has 1 aliphatic rings. The third-order valence-corrected chi connectivity index (χ3v) is 4.50. The molecule has 3 rings (SSSR count). The van der Waals surface area contributed by atoms with E-state index in [2.05, 4.69) is 20.2 Å². The van der Waals surface area contributed by atoms with E-state index >= 15 is 0 Å². The number of rotatable bonds is 6. The maximum absolute atomic E-state index is 12.5. The molecule has 25 heavy (non-hydrogen) atoms. The second kappa shape index (κ2) is 8.46. The van der Waals surface area contributed by atoms with Gasteiger partial charge in [0.2, 0.25) is 11.9 Å². The normalized spacial score (nSPS) is 17.2. The van der Waals surface area contributed by atoms with Crippen molar-refractivity contribution >= 4 is 11.9 Å².